The Hall–Kier alpha value is -0.730. The molecule has 2 nitrogen and oxygen atoms in total. The van der Waals surface area contributed by atoms with E-state index in [1.165, 1.54) is 19.3 Å². The highest BCUT2D eigenvalue weighted by molar-refractivity contribution is 6.35. The molecule has 1 rings (SSSR count). The van der Waals surface area contributed by atoms with Gasteiger partial charge in [0.05, 0.1) is 0 Å². The van der Waals surface area contributed by atoms with Gasteiger partial charge in [0.2, 0.25) is 5.91 Å². The summed E-state index contributed by atoms with van der Waals surface area (Å²) in [7, 11) is 0. The molecule has 0 aliphatic rings. The lowest BCUT2D eigenvalue weighted by Crippen LogP contribution is -2.22. The van der Waals surface area contributed by atoms with Crippen LogP contribution >= 0.6 is 23.2 Å². The fourth-order valence-electron chi connectivity index (χ4n) is 1.84. The molecule has 0 spiro atoms. The highest BCUT2D eigenvalue weighted by Crippen LogP contribution is 2.20. The molecule has 0 aromatic heterocycles. The summed E-state index contributed by atoms with van der Waals surface area (Å²) in [5, 5.41) is 4.08. The van der Waals surface area contributed by atoms with E-state index in [9.17, 15) is 4.79 Å². The number of rotatable bonds is 8. The Morgan fingerprint density at radius 1 is 1.16 bits per heavy atom. The van der Waals surface area contributed by atoms with Crippen molar-refractivity contribution in [1.29, 1.82) is 0 Å². The van der Waals surface area contributed by atoms with Crippen LogP contribution in [-0.2, 0) is 11.3 Å². The van der Waals surface area contributed by atoms with E-state index >= 15 is 0 Å². The number of unbranched alkanes of at least 4 members (excludes halogenated alkanes) is 4. The quantitative estimate of drug-likeness (QED) is 0.675. The van der Waals surface area contributed by atoms with Crippen LogP contribution in [0.3, 0.4) is 0 Å². The number of halogens is 2. The molecular formula is C15H21Cl2NO. The van der Waals surface area contributed by atoms with Gasteiger partial charge in [-0.1, -0.05) is 61.9 Å². The molecule has 19 heavy (non-hydrogen) atoms. The van der Waals surface area contributed by atoms with Gasteiger partial charge in [0.15, 0.2) is 0 Å². The molecule has 0 saturated heterocycles. The number of hydrogen-bond acceptors (Lipinski definition) is 1. The summed E-state index contributed by atoms with van der Waals surface area (Å²) >= 11 is 11.9. The van der Waals surface area contributed by atoms with Crippen molar-refractivity contribution < 1.29 is 4.79 Å². The Bertz CT molecular complexity index is 407. The van der Waals surface area contributed by atoms with Crippen molar-refractivity contribution >= 4 is 29.1 Å². The first-order valence-electron chi connectivity index (χ1n) is 6.84. The zero-order chi connectivity index (χ0) is 14.1. The zero-order valence-corrected chi connectivity index (χ0v) is 12.9. The van der Waals surface area contributed by atoms with Gasteiger partial charge in [-0.3, -0.25) is 4.79 Å². The maximum Gasteiger partial charge on any atom is 0.220 e. The van der Waals surface area contributed by atoms with Crippen molar-refractivity contribution in [1.82, 2.24) is 5.32 Å². The average molecular weight is 302 g/mol. The molecule has 1 amide bonds. The van der Waals surface area contributed by atoms with E-state index in [1.807, 2.05) is 6.07 Å². The fourth-order valence-corrected chi connectivity index (χ4v) is 2.31. The fraction of sp³-hybridized carbons (Fsp3) is 0.533. The summed E-state index contributed by atoms with van der Waals surface area (Å²) in [5.74, 6) is 0.0857. The van der Waals surface area contributed by atoms with E-state index in [4.69, 9.17) is 23.2 Å². The van der Waals surface area contributed by atoms with Gasteiger partial charge < -0.3 is 5.32 Å². The molecule has 0 unspecified atom stereocenters. The molecule has 0 atom stereocenters. The van der Waals surface area contributed by atoms with Gasteiger partial charge in [-0.25, -0.2) is 0 Å². The van der Waals surface area contributed by atoms with Crippen molar-refractivity contribution in [2.24, 2.45) is 0 Å². The van der Waals surface area contributed by atoms with E-state index < -0.39 is 0 Å². The van der Waals surface area contributed by atoms with Crippen molar-refractivity contribution in [2.45, 2.75) is 52.0 Å². The Morgan fingerprint density at radius 2 is 1.89 bits per heavy atom. The van der Waals surface area contributed by atoms with Crippen LogP contribution in [0.4, 0.5) is 0 Å². The third-order valence-electron chi connectivity index (χ3n) is 3.00. The predicted molar refractivity (Wildman–Crippen MR) is 81.7 cm³/mol. The van der Waals surface area contributed by atoms with Crippen LogP contribution in [0.1, 0.15) is 51.0 Å². The van der Waals surface area contributed by atoms with Gasteiger partial charge in [0.25, 0.3) is 0 Å². The highest BCUT2D eigenvalue weighted by Gasteiger charge is 2.04. The number of benzene rings is 1. The first kappa shape index (κ1) is 16.3. The number of amides is 1. The molecule has 0 fully saturated rings. The minimum atomic E-state index is 0.0857. The Labute approximate surface area is 125 Å². The first-order chi connectivity index (χ1) is 9.13. The zero-order valence-electron chi connectivity index (χ0n) is 11.3. The molecule has 0 aliphatic heterocycles. The summed E-state index contributed by atoms with van der Waals surface area (Å²) in [6.07, 6.45) is 6.37. The minimum Gasteiger partial charge on any atom is -0.352 e. The largest absolute Gasteiger partial charge is 0.352 e. The van der Waals surface area contributed by atoms with Crippen LogP contribution in [0.15, 0.2) is 18.2 Å². The van der Waals surface area contributed by atoms with Gasteiger partial charge in [-0.2, -0.15) is 0 Å². The van der Waals surface area contributed by atoms with E-state index in [0.29, 0.717) is 23.0 Å². The van der Waals surface area contributed by atoms with E-state index in [1.54, 1.807) is 12.1 Å². The van der Waals surface area contributed by atoms with Crippen LogP contribution in [-0.4, -0.2) is 5.91 Å². The van der Waals surface area contributed by atoms with Crippen LogP contribution < -0.4 is 5.32 Å². The minimum absolute atomic E-state index is 0.0857. The number of carbonyl (C=O) groups excluding carboxylic acids is 1. The second kappa shape index (κ2) is 9.22. The second-order valence-corrected chi connectivity index (χ2v) is 5.52. The standard InChI is InChI=1S/C15H21Cl2NO/c1-2-3-4-5-6-7-15(19)18-11-12-8-9-13(16)10-14(12)17/h8-10H,2-7,11H2,1H3,(H,18,19). The SMILES string of the molecule is CCCCCCCC(=O)NCc1ccc(Cl)cc1Cl. The molecule has 1 aromatic rings. The van der Waals surface area contributed by atoms with Crippen molar-refractivity contribution in [3.05, 3.63) is 33.8 Å². The smallest absolute Gasteiger partial charge is 0.220 e. The maximum atomic E-state index is 11.6. The first-order valence-corrected chi connectivity index (χ1v) is 7.59. The molecule has 4 heteroatoms. The lowest BCUT2D eigenvalue weighted by Gasteiger charge is -2.07. The number of hydrogen-bond donors (Lipinski definition) is 1. The van der Waals surface area contributed by atoms with Crippen LogP contribution in [0.25, 0.3) is 0 Å². The topological polar surface area (TPSA) is 29.1 Å². The number of carbonyl (C=O) groups is 1. The highest BCUT2D eigenvalue weighted by atomic mass is 35.5. The Kier molecular flexibility index (Phi) is 7.92. The lowest BCUT2D eigenvalue weighted by molar-refractivity contribution is -0.121. The average Bonchev–Trinajstić information content (AvgIpc) is 2.37. The van der Waals surface area contributed by atoms with Crippen molar-refractivity contribution in [3.8, 4) is 0 Å². The summed E-state index contributed by atoms with van der Waals surface area (Å²) in [6.45, 7) is 2.65. The summed E-state index contributed by atoms with van der Waals surface area (Å²) in [6, 6.07) is 5.31. The Morgan fingerprint density at radius 3 is 2.58 bits per heavy atom. The van der Waals surface area contributed by atoms with Gasteiger partial charge in [-0.15, -0.1) is 0 Å². The lowest BCUT2D eigenvalue weighted by atomic mass is 10.1. The Balaban J connectivity index is 2.22. The third kappa shape index (κ3) is 6.84. The van der Waals surface area contributed by atoms with Crippen LogP contribution in [0.2, 0.25) is 10.0 Å². The van der Waals surface area contributed by atoms with Gasteiger partial charge in [0.1, 0.15) is 0 Å². The summed E-state index contributed by atoms with van der Waals surface area (Å²) < 4.78 is 0. The van der Waals surface area contributed by atoms with Crippen molar-refractivity contribution in [2.75, 3.05) is 0 Å². The van der Waals surface area contributed by atoms with E-state index in [2.05, 4.69) is 12.2 Å². The molecule has 0 radical (unpaired) electrons. The molecule has 106 valence electrons. The number of nitrogens with one attached hydrogen (secondary N) is 1. The molecule has 0 aliphatic carbocycles. The normalized spacial score (nSPS) is 10.5. The van der Waals surface area contributed by atoms with E-state index in [0.717, 1.165) is 18.4 Å². The molecular weight excluding hydrogens is 281 g/mol. The summed E-state index contributed by atoms with van der Waals surface area (Å²) in [4.78, 5) is 11.6. The molecule has 0 heterocycles. The monoisotopic (exact) mass is 301 g/mol. The maximum absolute atomic E-state index is 11.6. The summed E-state index contributed by atoms with van der Waals surface area (Å²) in [5.41, 5.74) is 0.894. The predicted octanol–water partition coefficient (Wildman–Crippen LogP) is 4.97. The molecule has 1 aromatic carbocycles. The van der Waals surface area contributed by atoms with Crippen LogP contribution in [0, 0.1) is 0 Å². The van der Waals surface area contributed by atoms with Gasteiger partial charge in [-0.05, 0) is 24.1 Å². The molecule has 0 saturated carbocycles. The van der Waals surface area contributed by atoms with Crippen molar-refractivity contribution in [3.63, 3.8) is 0 Å². The van der Waals surface area contributed by atoms with Gasteiger partial charge >= 0.3 is 0 Å². The molecule has 1 N–H and O–H groups in total. The van der Waals surface area contributed by atoms with E-state index in [-0.39, 0.29) is 5.91 Å². The van der Waals surface area contributed by atoms with Gasteiger partial charge in [0, 0.05) is 23.0 Å². The third-order valence-corrected chi connectivity index (χ3v) is 3.59. The van der Waals surface area contributed by atoms with Crippen LogP contribution in [0.5, 0.6) is 0 Å². The molecule has 0 bridgehead atoms. The second-order valence-electron chi connectivity index (χ2n) is 4.68.